The molecule has 0 radical (unpaired) electrons. The summed E-state index contributed by atoms with van der Waals surface area (Å²) < 4.78 is 31.9. The summed E-state index contributed by atoms with van der Waals surface area (Å²) >= 11 is 0. The zero-order valence-corrected chi connectivity index (χ0v) is 45.4. The number of carboxylic acid groups (broad SMARTS) is 1. The van der Waals surface area contributed by atoms with Gasteiger partial charge in [0, 0.05) is 62.5 Å². The minimum absolute atomic E-state index is 0.107. The lowest BCUT2D eigenvalue weighted by Crippen LogP contribution is -2.63. The molecule has 1 aromatic heterocycles. The molecule has 24 nitrogen and oxygen atoms in total. The lowest BCUT2D eigenvalue weighted by Gasteiger charge is -2.42. The second-order valence-electron chi connectivity index (χ2n) is 20.2. The number of nitrogens with one attached hydrogen (secondary N) is 5. The number of aliphatic hydroxyl groups is 1. The van der Waals surface area contributed by atoms with Crippen molar-refractivity contribution in [2.24, 2.45) is 28.3 Å². The highest BCUT2D eigenvalue weighted by molar-refractivity contribution is 5.98. The summed E-state index contributed by atoms with van der Waals surface area (Å²) in [5.74, 6) is -11.3. The van der Waals surface area contributed by atoms with E-state index in [4.69, 9.17) is 28.0 Å². The first-order valence-corrected chi connectivity index (χ1v) is 25.7. The van der Waals surface area contributed by atoms with Gasteiger partial charge in [-0.3, -0.25) is 47.9 Å². The molecule has 79 heavy (non-hydrogen) atoms. The van der Waals surface area contributed by atoms with E-state index in [0.717, 1.165) is 23.8 Å². The number of carbonyl (C=O) groups excluding carboxylic acids is 9. The van der Waals surface area contributed by atoms with Crippen LogP contribution in [0.25, 0.3) is 11.1 Å². The van der Waals surface area contributed by atoms with E-state index in [0.29, 0.717) is 30.0 Å². The molecule has 9 amide bonds. The molecule has 3 rings (SSSR count). The Bertz CT molecular complexity index is 2630. The van der Waals surface area contributed by atoms with E-state index >= 15 is 4.39 Å². The van der Waals surface area contributed by atoms with Crippen LogP contribution in [0.2, 0.25) is 0 Å². The third-order valence-electron chi connectivity index (χ3n) is 12.7. The van der Waals surface area contributed by atoms with Crippen molar-refractivity contribution in [2.45, 2.75) is 135 Å². The van der Waals surface area contributed by atoms with Crippen LogP contribution in [0.1, 0.15) is 104 Å². The highest BCUT2D eigenvalue weighted by Gasteiger charge is 2.43. The van der Waals surface area contributed by atoms with Crippen LogP contribution in [0.4, 0.5) is 8.78 Å². The molecule has 0 saturated carbocycles. The zero-order valence-electron chi connectivity index (χ0n) is 45.4. The quantitative estimate of drug-likeness (QED) is 0.0360. The average Bonchev–Trinajstić information content (AvgIpc) is 3.78. The van der Waals surface area contributed by atoms with Crippen LogP contribution in [0.5, 0.6) is 0 Å². The van der Waals surface area contributed by atoms with Crippen molar-refractivity contribution in [3.05, 3.63) is 83.7 Å². The van der Waals surface area contributed by atoms with Crippen LogP contribution < -0.4 is 49.5 Å². The van der Waals surface area contributed by atoms with E-state index in [-0.39, 0.29) is 50.0 Å². The van der Waals surface area contributed by atoms with E-state index in [9.17, 15) is 57.4 Å². The summed E-state index contributed by atoms with van der Waals surface area (Å²) in [6, 6.07) is 3.10. The van der Waals surface area contributed by atoms with Crippen LogP contribution in [0.15, 0.2) is 60.8 Å². The molecule has 26 heteroatoms. The number of carbonyl (C=O) groups is 10. The van der Waals surface area contributed by atoms with Crippen LogP contribution in [-0.2, 0) is 54.5 Å². The molecule has 7 atom stereocenters. The Balaban J connectivity index is 2.21. The topological polar surface area (TPSA) is 387 Å². The van der Waals surface area contributed by atoms with Gasteiger partial charge in [0.1, 0.15) is 54.5 Å². The summed E-state index contributed by atoms with van der Waals surface area (Å²) in [6.45, 7) is 7.13. The SMILES string of the molecule is CC(=O)N[C@@H](CCCCN)C(=O)N[C@@H](C)C(=O)NC(C)C(=O)N([C@@H](CC(N)=O)C(N)=O)[C@@H](CCN(C(=O)CO)[C@@H](c1cc(-c2cc(F)ccc2F)cn1Cc1ccccc1)C(C)(C)C)C(=O)NCCNC(=O)CC[C@H](N)C(=O)O. The van der Waals surface area contributed by atoms with Gasteiger partial charge < -0.3 is 74.1 Å². The van der Waals surface area contributed by atoms with E-state index in [1.165, 1.54) is 25.7 Å². The molecule has 0 bridgehead atoms. The average molecular weight is 1110 g/mol. The zero-order chi connectivity index (χ0) is 59.3. The molecular weight excluding hydrogens is 1030 g/mol. The number of unbranched alkanes of at least 4 members (excludes halogenated alkanes) is 1. The first-order chi connectivity index (χ1) is 37.1. The second-order valence-corrected chi connectivity index (χ2v) is 20.2. The van der Waals surface area contributed by atoms with Crippen molar-refractivity contribution in [1.82, 2.24) is 41.0 Å². The number of aromatic nitrogens is 1. The number of carboxylic acids is 1. The molecule has 0 fully saturated rings. The number of benzene rings is 2. The summed E-state index contributed by atoms with van der Waals surface area (Å²) in [7, 11) is 0. The molecule has 0 aliphatic heterocycles. The molecule has 434 valence electrons. The van der Waals surface area contributed by atoms with Crippen molar-refractivity contribution in [1.29, 1.82) is 0 Å². The highest BCUT2D eigenvalue weighted by Crippen LogP contribution is 2.41. The Kier molecular flexibility index (Phi) is 25.6. The molecule has 2 aromatic carbocycles. The van der Waals surface area contributed by atoms with E-state index in [1.54, 1.807) is 55.8 Å². The van der Waals surface area contributed by atoms with Gasteiger partial charge in [-0.05, 0) is 87.7 Å². The molecule has 3 aromatic rings. The predicted molar refractivity (Wildman–Crippen MR) is 285 cm³/mol. The molecule has 0 saturated heterocycles. The fraction of sp³-hybridized carbons (Fsp3) is 0.509. The molecule has 0 aliphatic rings. The predicted octanol–water partition coefficient (Wildman–Crippen LogP) is -0.226. The van der Waals surface area contributed by atoms with Gasteiger partial charge in [-0.15, -0.1) is 0 Å². The van der Waals surface area contributed by atoms with Crippen LogP contribution in [0, 0.1) is 17.0 Å². The van der Waals surface area contributed by atoms with Gasteiger partial charge in [-0.1, -0.05) is 51.1 Å². The first-order valence-electron chi connectivity index (χ1n) is 25.7. The Hall–Kier alpha value is -7.84. The minimum Gasteiger partial charge on any atom is -0.480 e. The van der Waals surface area contributed by atoms with Crippen molar-refractivity contribution in [3.63, 3.8) is 0 Å². The number of hydrogen-bond donors (Lipinski definition) is 11. The van der Waals surface area contributed by atoms with Crippen molar-refractivity contribution in [2.75, 3.05) is 32.8 Å². The highest BCUT2D eigenvalue weighted by atomic mass is 19.1. The van der Waals surface area contributed by atoms with E-state index in [1.807, 2.05) is 12.1 Å². The second kappa shape index (κ2) is 30.9. The third kappa shape index (κ3) is 20.2. The maximum Gasteiger partial charge on any atom is 0.320 e. The number of nitrogens with zero attached hydrogens (tertiary/aromatic N) is 3. The van der Waals surface area contributed by atoms with Gasteiger partial charge in [0.15, 0.2) is 0 Å². The normalized spacial score (nSPS) is 14.0. The third-order valence-corrected chi connectivity index (χ3v) is 12.7. The lowest BCUT2D eigenvalue weighted by molar-refractivity contribution is -0.151. The van der Waals surface area contributed by atoms with Crippen LogP contribution in [-0.4, -0.2) is 153 Å². The number of primary amides is 2. The molecule has 15 N–H and O–H groups in total. The lowest BCUT2D eigenvalue weighted by atomic mass is 9.82. The Morgan fingerprint density at radius 1 is 0.785 bits per heavy atom. The van der Waals surface area contributed by atoms with Gasteiger partial charge in [0.25, 0.3) is 0 Å². The monoisotopic (exact) mass is 1110 g/mol. The van der Waals surface area contributed by atoms with Gasteiger partial charge >= 0.3 is 5.97 Å². The molecular formula is C53H76F2N12O12. The Morgan fingerprint density at radius 2 is 1.43 bits per heavy atom. The van der Waals surface area contributed by atoms with Crippen molar-refractivity contribution in [3.8, 4) is 11.1 Å². The van der Waals surface area contributed by atoms with Crippen molar-refractivity contribution >= 4 is 59.1 Å². The number of aliphatic hydroxyl groups excluding tert-OH is 1. The summed E-state index contributed by atoms with van der Waals surface area (Å²) in [5, 5.41) is 32.2. The number of amides is 9. The molecule has 0 aliphatic carbocycles. The maximum absolute atomic E-state index is 15.5. The Labute approximate surface area is 457 Å². The molecule has 1 unspecified atom stereocenters. The largest absolute Gasteiger partial charge is 0.480 e. The molecule has 1 heterocycles. The number of aliphatic carboxylic acids is 1. The summed E-state index contributed by atoms with van der Waals surface area (Å²) in [5.41, 5.74) is 22.8. The number of halogens is 2. The van der Waals surface area contributed by atoms with Gasteiger partial charge in [-0.25, -0.2) is 8.78 Å². The van der Waals surface area contributed by atoms with E-state index in [2.05, 4.69) is 26.6 Å². The van der Waals surface area contributed by atoms with Gasteiger partial charge in [-0.2, -0.15) is 0 Å². The minimum atomic E-state index is -2.01. The fourth-order valence-corrected chi connectivity index (χ4v) is 8.82. The van der Waals surface area contributed by atoms with Gasteiger partial charge in [0.2, 0.25) is 53.2 Å². The Morgan fingerprint density at radius 3 is 2.01 bits per heavy atom. The summed E-state index contributed by atoms with van der Waals surface area (Å²) in [6.07, 6.45) is 0.669. The van der Waals surface area contributed by atoms with Crippen molar-refractivity contribution < 1.29 is 66.9 Å². The number of hydrogen-bond acceptors (Lipinski definition) is 13. The molecule has 0 spiro atoms. The van der Waals surface area contributed by atoms with Gasteiger partial charge in [0.05, 0.1) is 12.5 Å². The smallest absolute Gasteiger partial charge is 0.320 e. The van der Waals surface area contributed by atoms with Crippen LogP contribution >= 0.6 is 0 Å². The maximum atomic E-state index is 15.5. The number of nitrogens with two attached hydrogens (primary N) is 4. The first kappa shape index (κ1) is 65.4. The van der Waals surface area contributed by atoms with Crippen LogP contribution in [0.3, 0.4) is 0 Å². The summed E-state index contributed by atoms with van der Waals surface area (Å²) in [4.78, 5) is 135. The van der Waals surface area contributed by atoms with E-state index < -0.39 is 144 Å². The number of rotatable bonds is 32. The standard InChI is InChI=1S/C53H76F2N12O12/c1-30(62-49(75)39(64-32(3)69)14-10-11-20-56)48(74)63-31(2)51(77)67(42(47(59)73)26-43(58)70)40(50(76)61-22-21-60-44(71)18-17-38(57)52(78)79)19-23-66(45(72)29-68)46(53(4,5)6)41-24-34(36-25-35(54)15-16-37(36)55)28-65(41)27-33-12-8-7-9-13-33/h7-9,12-13,15-16,24-25,28,30-31,38-40,42,46,68H,10-11,14,17-23,26-27,29,56-57H2,1-6H3,(H2,58,70)(H2,59,73)(H,60,71)(H,61,76)(H,62,75)(H,63,74)(H,64,69)(H,78,79)/t30-,31?,38-,39-,40-,42-,46-/m0/s1. The fourth-order valence-electron chi connectivity index (χ4n) is 8.82.